The lowest BCUT2D eigenvalue weighted by molar-refractivity contribution is 0.787. The van der Waals surface area contributed by atoms with Gasteiger partial charge in [-0.2, -0.15) is 0 Å². The van der Waals surface area contributed by atoms with E-state index in [0.717, 1.165) is 46.0 Å². The van der Waals surface area contributed by atoms with Crippen LogP contribution in [0.3, 0.4) is 0 Å². The normalized spacial score (nSPS) is 13.1. The van der Waals surface area contributed by atoms with Gasteiger partial charge in [0.15, 0.2) is 0 Å². The molecule has 2 heteroatoms. The molecule has 0 aromatic heterocycles. The molecule has 10 aromatic carbocycles. The maximum atomic E-state index is 2.48. The Balaban J connectivity index is 0.938. The van der Waals surface area contributed by atoms with E-state index in [1.54, 1.807) is 0 Å². The van der Waals surface area contributed by atoms with Crippen LogP contribution >= 0.6 is 0 Å². The Labute approximate surface area is 400 Å². The topological polar surface area (TPSA) is 6.48 Å². The van der Waals surface area contributed by atoms with Crippen molar-refractivity contribution in [2.24, 2.45) is 0 Å². The van der Waals surface area contributed by atoms with Crippen LogP contribution in [0.2, 0.25) is 0 Å². The maximum Gasteiger partial charge on any atom is 0.0560 e. The van der Waals surface area contributed by atoms with Gasteiger partial charge in [0.25, 0.3) is 0 Å². The lowest BCUT2D eigenvalue weighted by atomic mass is 9.95. The highest BCUT2D eigenvalue weighted by atomic mass is 15.2. The van der Waals surface area contributed by atoms with Crippen molar-refractivity contribution in [1.29, 1.82) is 0 Å². The van der Waals surface area contributed by atoms with E-state index in [1.165, 1.54) is 55.6 Å². The molecule has 0 aliphatic heterocycles. The number of nitrogens with zero attached hydrogens (tertiary/aromatic N) is 2. The highest BCUT2D eigenvalue weighted by Gasteiger charge is 2.22. The van der Waals surface area contributed by atoms with Gasteiger partial charge in [0.1, 0.15) is 0 Å². The van der Waals surface area contributed by atoms with Gasteiger partial charge in [-0.15, -0.1) is 0 Å². The lowest BCUT2D eigenvalue weighted by Crippen LogP contribution is -2.30. The monoisotopic (exact) mass is 870 g/mol. The molecule has 10 aromatic rings. The van der Waals surface area contributed by atoms with Gasteiger partial charge >= 0.3 is 0 Å². The van der Waals surface area contributed by atoms with E-state index < -0.39 is 0 Å². The molecule has 1 aliphatic carbocycles. The van der Waals surface area contributed by atoms with Crippen LogP contribution in [0.5, 0.6) is 0 Å². The van der Waals surface area contributed by atoms with Gasteiger partial charge in [0.05, 0.1) is 11.7 Å². The Hall–Kier alpha value is -8.72. The van der Waals surface area contributed by atoms with Crippen molar-refractivity contribution in [1.82, 2.24) is 0 Å². The van der Waals surface area contributed by atoms with Crippen molar-refractivity contribution in [3.63, 3.8) is 0 Å². The zero-order valence-electron chi connectivity index (χ0n) is 37.8. The average Bonchev–Trinajstić information content (AvgIpc) is 3.43. The Kier molecular flexibility index (Phi) is 12.0. The number of hydrogen-bond donors (Lipinski definition) is 0. The first-order valence-corrected chi connectivity index (χ1v) is 23.5. The molecule has 0 radical (unpaired) electrons. The van der Waals surface area contributed by atoms with E-state index in [2.05, 4.69) is 295 Å². The first-order chi connectivity index (χ1) is 33.7. The van der Waals surface area contributed by atoms with Gasteiger partial charge < -0.3 is 9.80 Å². The molecule has 0 saturated heterocycles. The van der Waals surface area contributed by atoms with Gasteiger partial charge in [-0.1, -0.05) is 224 Å². The minimum atomic E-state index is 0.158. The summed E-state index contributed by atoms with van der Waals surface area (Å²) in [6.45, 7) is 0. The van der Waals surface area contributed by atoms with E-state index in [0.29, 0.717) is 0 Å². The summed E-state index contributed by atoms with van der Waals surface area (Å²) in [5.41, 5.74) is 20.0. The second-order valence-electron chi connectivity index (χ2n) is 17.3. The van der Waals surface area contributed by atoms with E-state index in [1.807, 2.05) is 0 Å². The zero-order valence-corrected chi connectivity index (χ0v) is 37.8. The van der Waals surface area contributed by atoms with Gasteiger partial charge in [0.2, 0.25) is 0 Å². The maximum absolute atomic E-state index is 2.48. The Bertz CT molecular complexity index is 3290. The van der Waals surface area contributed by atoms with Gasteiger partial charge in [-0.05, 0) is 128 Å². The molecule has 1 unspecified atom stereocenters. The van der Waals surface area contributed by atoms with E-state index in [-0.39, 0.29) is 6.04 Å². The third-order valence-electron chi connectivity index (χ3n) is 13.0. The molecule has 1 atom stereocenters. The molecule has 0 N–H and O–H groups in total. The number of benzene rings is 10. The fourth-order valence-electron chi connectivity index (χ4n) is 9.49. The molecular weight excluding hydrogens is 821 g/mol. The minimum Gasteiger partial charge on any atom is -0.334 e. The van der Waals surface area contributed by atoms with Crippen LogP contribution in [0.15, 0.2) is 285 Å². The van der Waals surface area contributed by atoms with E-state index in [4.69, 9.17) is 0 Å². The molecule has 0 fully saturated rings. The predicted molar refractivity (Wildman–Crippen MR) is 289 cm³/mol. The van der Waals surface area contributed by atoms with Crippen LogP contribution < -0.4 is 9.80 Å². The van der Waals surface area contributed by atoms with Crippen molar-refractivity contribution in [2.45, 2.75) is 12.5 Å². The van der Waals surface area contributed by atoms with Crippen LogP contribution in [0.1, 0.15) is 12.0 Å². The molecule has 0 spiro atoms. The van der Waals surface area contributed by atoms with Crippen LogP contribution in [-0.4, -0.2) is 6.04 Å². The van der Waals surface area contributed by atoms with Crippen molar-refractivity contribution in [3.8, 4) is 55.6 Å². The van der Waals surface area contributed by atoms with Crippen molar-refractivity contribution < 1.29 is 0 Å². The Morgan fingerprint density at radius 3 is 1.03 bits per heavy atom. The fourth-order valence-corrected chi connectivity index (χ4v) is 9.49. The predicted octanol–water partition coefficient (Wildman–Crippen LogP) is 18.0. The smallest absolute Gasteiger partial charge is 0.0560 e. The van der Waals surface area contributed by atoms with Crippen LogP contribution in [0.4, 0.5) is 28.4 Å². The van der Waals surface area contributed by atoms with Crippen molar-refractivity contribution in [3.05, 3.63) is 291 Å². The third-order valence-corrected chi connectivity index (χ3v) is 13.0. The van der Waals surface area contributed by atoms with Crippen LogP contribution in [0.25, 0.3) is 61.2 Å². The number of rotatable bonds is 12. The summed E-state index contributed by atoms with van der Waals surface area (Å²) in [6, 6.07) is 96.4. The molecule has 0 amide bonds. The van der Waals surface area contributed by atoms with Crippen molar-refractivity contribution in [2.75, 3.05) is 9.80 Å². The van der Waals surface area contributed by atoms with E-state index >= 15 is 0 Å². The summed E-state index contributed by atoms with van der Waals surface area (Å²) >= 11 is 0. The summed E-state index contributed by atoms with van der Waals surface area (Å²) in [6.07, 6.45) is 7.92. The summed E-state index contributed by atoms with van der Waals surface area (Å²) < 4.78 is 0. The molecule has 324 valence electrons. The number of anilines is 5. The first-order valence-electron chi connectivity index (χ1n) is 23.5. The van der Waals surface area contributed by atoms with Gasteiger partial charge in [-0.3, -0.25) is 0 Å². The Morgan fingerprint density at radius 2 is 0.632 bits per heavy atom. The van der Waals surface area contributed by atoms with Gasteiger partial charge in [-0.25, -0.2) is 0 Å². The quantitative estimate of drug-likeness (QED) is 0.121. The highest BCUT2D eigenvalue weighted by Crippen LogP contribution is 2.44. The fraction of sp³-hybridized carbons (Fsp3) is 0.0303. The summed E-state index contributed by atoms with van der Waals surface area (Å²) in [5, 5.41) is 0. The molecule has 68 heavy (non-hydrogen) atoms. The third kappa shape index (κ3) is 8.96. The molecular formula is C66H50N2. The molecule has 0 heterocycles. The average molecular weight is 871 g/mol. The highest BCUT2D eigenvalue weighted by molar-refractivity contribution is 5.91. The molecule has 0 saturated carbocycles. The molecule has 11 rings (SSSR count). The Morgan fingerprint density at radius 1 is 0.294 bits per heavy atom. The zero-order chi connectivity index (χ0) is 45.5. The summed E-state index contributed by atoms with van der Waals surface area (Å²) in [7, 11) is 0. The van der Waals surface area contributed by atoms with Crippen molar-refractivity contribution >= 4 is 34.0 Å². The second kappa shape index (κ2) is 19.4. The largest absolute Gasteiger partial charge is 0.334 e. The summed E-state index contributed by atoms with van der Waals surface area (Å²) in [5.74, 6) is 0. The second-order valence-corrected chi connectivity index (χ2v) is 17.3. The van der Waals surface area contributed by atoms with Crippen LogP contribution in [-0.2, 0) is 0 Å². The molecule has 1 aliphatic rings. The first kappa shape index (κ1) is 41.9. The molecule has 0 bridgehead atoms. The lowest BCUT2D eigenvalue weighted by Gasteiger charge is -2.33. The summed E-state index contributed by atoms with van der Waals surface area (Å²) in [4.78, 5) is 4.87. The van der Waals surface area contributed by atoms with Crippen LogP contribution in [0, 0.1) is 0 Å². The minimum absolute atomic E-state index is 0.158. The standard InChI is InChI=1S/C66H50N2/c1-6-16-49(17-7-1)53-26-37-60(38-27-53)67(61-39-28-54(29-40-61)50-18-8-2-9-19-50)62-41-30-56(31-42-62)57-34-45-64(46-35-57)68(63-43-32-55(33-44-63)51-20-10-3-11-21-51)66-47-36-59(52-22-12-4-13-23-52)48-65(66)58-24-14-5-15-25-58/h1-39,41-48,61H,40H2. The number of allylic oxidation sites excluding steroid dienone is 2. The molecule has 2 nitrogen and oxygen atoms in total. The van der Waals surface area contributed by atoms with Gasteiger partial charge in [0, 0.05) is 28.3 Å². The SMILES string of the molecule is C1=CC(N(c2ccc(-c3ccccc3)cc2)c2ccc(-c3ccc(N(c4ccc(-c5ccccc5)cc4)c4ccc(-c5ccccc5)cc4-c4ccccc4)cc3)cc2)CC=C1c1ccccc1. The van der Waals surface area contributed by atoms with E-state index in [9.17, 15) is 0 Å². The number of hydrogen-bond acceptors (Lipinski definition) is 2.